The quantitative estimate of drug-likeness (QED) is 0.832. The van der Waals surface area contributed by atoms with E-state index in [0.717, 1.165) is 21.3 Å². The number of methoxy groups -OCH3 is 1. The van der Waals surface area contributed by atoms with Crippen molar-refractivity contribution < 1.29 is 9.53 Å². The summed E-state index contributed by atoms with van der Waals surface area (Å²) in [5.41, 5.74) is 2.82. The van der Waals surface area contributed by atoms with Gasteiger partial charge in [0.05, 0.1) is 5.69 Å². The molecule has 0 heterocycles. The molecule has 2 aromatic rings. The Morgan fingerprint density at radius 1 is 1.14 bits per heavy atom. The van der Waals surface area contributed by atoms with E-state index in [9.17, 15) is 4.79 Å². The van der Waals surface area contributed by atoms with Crippen LogP contribution >= 0.6 is 15.9 Å². The summed E-state index contributed by atoms with van der Waals surface area (Å²) in [5, 5.41) is 0. The maximum atomic E-state index is 12.7. The second kappa shape index (κ2) is 6.87. The largest absolute Gasteiger partial charge is 0.367 e. The maximum Gasteiger partial charge on any atom is 0.260 e. The van der Waals surface area contributed by atoms with Crippen molar-refractivity contribution in [2.24, 2.45) is 0 Å². The highest BCUT2D eigenvalue weighted by Gasteiger charge is 2.25. The van der Waals surface area contributed by atoms with Gasteiger partial charge in [-0.2, -0.15) is 0 Å². The number of carbonyl (C=O) groups excluding carboxylic acids is 1. The Labute approximate surface area is 133 Å². The van der Waals surface area contributed by atoms with Gasteiger partial charge in [0.1, 0.15) is 0 Å². The van der Waals surface area contributed by atoms with Gasteiger partial charge in [0.15, 0.2) is 6.10 Å². The highest BCUT2D eigenvalue weighted by atomic mass is 79.9. The van der Waals surface area contributed by atoms with E-state index >= 15 is 0 Å². The molecule has 1 atom stereocenters. The molecule has 0 aromatic heterocycles. The summed E-state index contributed by atoms with van der Waals surface area (Å²) in [7, 11) is 3.30. The van der Waals surface area contributed by atoms with Gasteiger partial charge in [0, 0.05) is 18.6 Å². The number of likely N-dealkylation sites (N-methyl/N-ethyl adjacent to an activating group) is 1. The van der Waals surface area contributed by atoms with Crippen LogP contribution in [0.3, 0.4) is 0 Å². The van der Waals surface area contributed by atoms with E-state index in [1.54, 1.807) is 19.1 Å². The van der Waals surface area contributed by atoms with Crippen LogP contribution in [-0.4, -0.2) is 20.1 Å². The number of halogens is 1. The fraction of sp³-hybridized carbons (Fsp3) is 0.235. The standard InChI is InChI=1S/C17H18BrNO2/c1-12-8-10-13(11-9-12)16(21-3)17(20)19(2)15-7-5-4-6-14(15)18/h4-11,16H,1-3H3. The summed E-state index contributed by atoms with van der Waals surface area (Å²) >= 11 is 3.47. The number of amides is 1. The number of aryl methyl sites for hydroxylation is 1. The normalized spacial score (nSPS) is 12.0. The average molecular weight is 348 g/mol. The molecular formula is C17H18BrNO2. The van der Waals surface area contributed by atoms with Crippen LogP contribution in [0.25, 0.3) is 0 Å². The van der Waals surface area contributed by atoms with Crippen LogP contribution in [0.4, 0.5) is 5.69 Å². The van der Waals surface area contributed by atoms with Crippen molar-refractivity contribution in [1.82, 2.24) is 0 Å². The van der Waals surface area contributed by atoms with Crippen LogP contribution in [-0.2, 0) is 9.53 Å². The van der Waals surface area contributed by atoms with Crippen LogP contribution in [0.15, 0.2) is 53.0 Å². The summed E-state index contributed by atoms with van der Waals surface area (Å²) in [6.07, 6.45) is -0.609. The highest BCUT2D eigenvalue weighted by molar-refractivity contribution is 9.10. The number of anilines is 1. The molecule has 1 unspecified atom stereocenters. The third kappa shape index (κ3) is 3.52. The molecule has 1 amide bonds. The number of para-hydroxylation sites is 1. The molecule has 3 nitrogen and oxygen atoms in total. The van der Waals surface area contributed by atoms with Crippen molar-refractivity contribution >= 4 is 27.5 Å². The minimum absolute atomic E-state index is 0.103. The van der Waals surface area contributed by atoms with E-state index in [2.05, 4.69) is 15.9 Å². The van der Waals surface area contributed by atoms with Crippen molar-refractivity contribution in [3.8, 4) is 0 Å². The fourth-order valence-corrected chi connectivity index (χ4v) is 2.69. The van der Waals surface area contributed by atoms with E-state index in [4.69, 9.17) is 4.74 Å². The molecule has 0 saturated carbocycles. The second-order valence-electron chi connectivity index (χ2n) is 4.88. The van der Waals surface area contributed by atoms with Gasteiger partial charge in [0.2, 0.25) is 0 Å². The van der Waals surface area contributed by atoms with Gasteiger partial charge in [-0.3, -0.25) is 4.79 Å². The Kier molecular flexibility index (Phi) is 5.15. The molecule has 2 rings (SSSR count). The zero-order valence-corrected chi connectivity index (χ0v) is 13.9. The zero-order valence-electron chi connectivity index (χ0n) is 12.3. The van der Waals surface area contributed by atoms with Crippen molar-refractivity contribution in [2.45, 2.75) is 13.0 Å². The first-order valence-corrected chi connectivity index (χ1v) is 7.45. The first kappa shape index (κ1) is 15.7. The van der Waals surface area contributed by atoms with E-state index in [-0.39, 0.29) is 5.91 Å². The Balaban J connectivity index is 2.28. The van der Waals surface area contributed by atoms with Gasteiger partial charge in [-0.05, 0) is 40.5 Å². The molecule has 0 spiro atoms. The molecule has 0 bridgehead atoms. The SMILES string of the molecule is COC(C(=O)N(C)c1ccccc1Br)c1ccc(C)cc1. The van der Waals surface area contributed by atoms with Crippen LogP contribution in [0.5, 0.6) is 0 Å². The first-order chi connectivity index (χ1) is 10.0. The maximum absolute atomic E-state index is 12.7. The number of hydrogen-bond donors (Lipinski definition) is 0. The van der Waals surface area contributed by atoms with E-state index in [1.165, 1.54) is 0 Å². The van der Waals surface area contributed by atoms with Crippen LogP contribution in [0.1, 0.15) is 17.2 Å². The van der Waals surface area contributed by atoms with Crippen molar-refractivity contribution in [2.75, 3.05) is 19.1 Å². The molecular weight excluding hydrogens is 330 g/mol. The molecule has 0 aliphatic heterocycles. The lowest BCUT2D eigenvalue weighted by Crippen LogP contribution is -2.32. The molecule has 21 heavy (non-hydrogen) atoms. The molecule has 0 N–H and O–H groups in total. The third-order valence-corrected chi connectivity index (χ3v) is 4.06. The minimum Gasteiger partial charge on any atom is -0.367 e. The average Bonchev–Trinajstić information content (AvgIpc) is 2.49. The van der Waals surface area contributed by atoms with Gasteiger partial charge < -0.3 is 9.64 Å². The van der Waals surface area contributed by atoms with Gasteiger partial charge in [-0.25, -0.2) is 0 Å². The fourth-order valence-electron chi connectivity index (χ4n) is 2.14. The summed E-state index contributed by atoms with van der Waals surface area (Å²) in [5.74, 6) is -0.103. The number of nitrogens with zero attached hydrogens (tertiary/aromatic N) is 1. The number of rotatable bonds is 4. The van der Waals surface area contributed by atoms with E-state index < -0.39 is 6.10 Å². The summed E-state index contributed by atoms with van der Waals surface area (Å²) < 4.78 is 6.29. The van der Waals surface area contributed by atoms with Gasteiger partial charge in [0.25, 0.3) is 5.91 Å². The number of benzene rings is 2. The molecule has 0 fully saturated rings. The third-order valence-electron chi connectivity index (χ3n) is 3.38. The van der Waals surface area contributed by atoms with Crippen molar-refractivity contribution in [3.05, 3.63) is 64.1 Å². The van der Waals surface area contributed by atoms with E-state index in [0.29, 0.717) is 0 Å². The van der Waals surface area contributed by atoms with Gasteiger partial charge in [-0.1, -0.05) is 42.0 Å². The monoisotopic (exact) mass is 347 g/mol. The van der Waals surface area contributed by atoms with Gasteiger partial charge in [-0.15, -0.1) is 0 Å². The Bertz CT molecular complexity index is 625. The molecule has 0 saturated heterocycles. The van der Waals surface area contributed by atoms with E-state index in [1.807, 2.05) is 55.5 Å². The summed E-state index contributed by atoms with van der Waals surface area (Å²) in [6.45, 7) is 2.01. The summed E-state index contributed by atoms with van der Waals surface area (Å²) in [6, 6.07) is 15.4. The Hall–Kier alpha value is -1.65. The number of carbonyl (C=O) groups is 1. The summed E-state index contributed by atoms with van der Waals surface area (Å²) in [4.78, 5) is 14.3. The minimum atomic E-state index is -0.609. The molecule has 0 aliphatic carbocycles. The lowest BCUT2D eigenvalue weighted by atomic mass is 10.1. The molecule has 2 aromatic carbocycles. The van der Waals surface area contributed by atoms with Gasteiger partial charge >= 0.3 is 0 Å². The molecule has 0 radical (unpaired) electrons. The van der Waals surface area contributed by atoms with Crippen LogP contribution in [0, 0.1) is 6.92 Å². The second-order valence-corrected chi connectivity index (χ2v) is 5.73. The Morgan fingerprint density at radius 2 is 1.76 bits per heavy atom. The smallest absolute Gasteiger partial charge is 0.260 e. The zero-order chi connectivity index (χ0) is 15.4. The lowest BCUT2D eigenvalue weighted by Gasteiger charge is -2.24. The van der Waals surface area contributed by atoms with Crippen molar-refractivity contribution in [1.29, 1.82) is 0 Å². The molecule has 110 valence electrons. The Morgan fingerprint density at radius 3 is 2.33 bits per heavy atom. The highest BCUT2D eigenvalue weighted by Crippen LogP contribution is 2.28. The number of ether oxygens (including phenoxy) is 1. The van der Waals surface area contributed by atoms with Crippen LogP contribution in [0.2, 0.25) is 0 Å². The predicted octanol–water partition coefficient (Wildman–Crippen LogP) is 4.11. The van der Waals surface area contributed by atoms with Crippen LogP contribution < -0.4 is 4.90 Å². The number of hydrogen-bond acceptors (Lipinski definition) is 2. The molecule has 0 aliphatic rings. The molecule has 4 heteroatoms. The lowest BCUT2D eigenvalue weighted by molar-refractivity contribution is -0.128. The topological polar surface area (TPSA) is 29.5 Å². The van der Waals surface area contributed by atoms with Crippen molar-refractivity contribution in [3.63, 3.8) is 0 Å². The predicted molar refractivity (Wildman–Crippen MR) is 88.5 cm³/mol. The first-order valence-electron chi connectivity index (χ1n) is 6.66.